The Kier molecular flexibility index (Phi) is 7.76. The lowest BCUT2D eigenvalue weighted by Gasteiger charge is -2.11. The summed E-state index contributed by atoms with van der Waals surface area (Å²) >= 11 is 0. The molecule has 0 spiro atoms. The van der Waals surface area contributed by atoms with Crippen molar-refractivity contribution in [3.8, 4) is 0 Å². The van der Waals surface area contributed by atoms with Crippen LogP contribution in [0.2, 0.25) is 0 Å². The van der Waals surface area contributed by atoms with Crippen LogP contribution in [-0.4, -0.2) is 41.0 Å². The number of carbonyl (C=O) groups excluding carboxylic acids is 2. The Bertz CT molecular complexity index is 208. The lowest BCUT2D eigenvalue weighted by molar-refractivity contribution is -0.162. The van der Waals surface area contributed by atoms with Crippen LogP contribution in [0, 0.1) is 0 Å². The highest BCUT2D eigenvalue weighted by atomic mass is 16.7. The minimum absolute atomic E-state index is 0.597. The van der Waals surface area contributed by atoms with Gasteiger partial charge in [-0.1, -0.05) is 0 Å². The molecule has 7 heteroatoms. The summed E-state index contributed by atoms with van der Waals surface area (Å²) in [7, 11) is 1.23. The Hall–Kier alpha value is -1.18. The van der Waals surface area contributed by atoms with Crippen LogP contribution in [0.1, 0.15) is 20.8 Å². The van der Waals surface area contributed by atoms with Gasteiger partial charge in [-0.15, -0.1) is 0 Å². The number of aliphatic hydroxyl groups is 2. The second kappa shape index (κ2) is 7.16. The van der Waals surface area contributed by atoms with Crippen LogP contribution < -0.4 is 5.90 Å². The Balaban J connectivity index is 0. The number of esters is 1. The molecule has 0 aliphatic heterocycles. The van der Waals surface area contributed by atoms with E-state index in [1.165, 1.54) is 27.9 Å². The van der Waals surface area contributed by atoms with E-state index in [1.807, 2.05) is 0 Å². The molecule has 0 aliphatic carbocycles. The van der Waals surface area contributed by atoms with Gasteiger partial charge >= 0.3 is 11.9 Å². The van der Waals surface area contributed by atoms with Crippen LogP contribution in [0.3, 0.4) is 0 Å². The first-order valence-corrected chi connectivity index (χ1v) is 4.06. The second-order valence-electron chi connectivity index (χ2n) is 3.16. The van der Waals surface area contributed by atoms with Crippen LogP contribution >= 0.6 is 0 Å². The quantitative estimate of drug-likeness (QED) is 0.393. The Labute approximate surface area is 87.7 Å². The number of aliphatic hydroxyl groups excluding tert-OH is 1. The molecule has 1 atom stereocenters. The monoisotopic (exact) mass is 223 g/mol. The maximum Gasteiger partial charge on any atom is 0.355 e. The lowest BCUT2D eigenvalue weighted by Crippen LogP contribution is -2.34. The molecule has 0 heterocycles. The van der Waals surface area contributed by atoms with Crippen molar-refractivity contribution in [3.63, 3.8) is 0 Å². The molecule has 0 saturated heterocycles. The van der Waals surface area contributed by atoms with Gasteiger partial charge in [0.25, 0.3) is 0 Å². The minimum atomic E-state index is -1.48. The predicted octanol–water partition coefficient (Wildman–Crippen LogP) is -1.29. The molecule has 0 radical (unpaired) electrons. The van der Waals surface area contributed by atoms with Crippen molar-refractivity contribution in [2.75, 3.05) is 7.11 Å². The van der Waals surface area contributed by atoms with Crippen molar-refractivity contribution < 1.29 is 29.4 Å². The van der Waals surface area contributed by atoms with Gasteiger partial charge in [0.1, 0.15) is 6.10 Å². The summed E-state index contributed by atoms with van der Waals surface area (Å²) in [5.41, 5.74) is -1.48. The molecule has 7 nitrogen and oxygen atoms in total. The van der Waals surface area contributed by atoms with E-state index in [0.29, 0.717) is 0 Å². The number of hydrogen-bond donors (Lipinski definition) is 3. The molecule has 0 rings (SSSR count). The van der Waals surface area contributed by atoms with Crippen LogP contribution in [0.4, 0.5) is 0 Å². The van der Waals surface area contributed by atoms with Gasteiger partial charge in [0.05, 0.1) is 7.11 Å². The maximum absolute atomic E-state index is 10.2. The molecule has 1 unspecified atom stereocenters. The number of rotatable bonds is 2. The highest BCUT2D eigenvalue weighted by molar-refractivity contribution is 5.77. The minimum Gasteiger partial charge on any atom is -0.467 e. The third-order valence-corrected chi connectivity index (χ3v) is 1.15. The maximum atomic E-state index is 10.2. The van der Waals surface area contributed by atoms with Gasteiger partial charge in [-0.3, -0.25) is 0 Å². The Morgan fingerprint density at radius 1 is 1.40 bits per heavy atom. The van der Waals surface area contributed by atoms with E-state index >= 15 is 0 Å². The topological polar surface area (TPSA) is 119 Å². The van der Waals surface area contributed by atoms with Crippen molar-refractivity contribution in [1.82, 2.24) is 0 Å². The molecule has 90 valence electrons. The summed E-state index contributed by atoms with van der Waals surface area (Å²) < 4.78 is 4.12. The first kappa shape index (κ1) is 16.3. The molecule has 0 aromatic carbocycles. The summed E-state index contributed by atoms with van der Waals surface area (Å²) in [4.78, 5) is 24.0. The van der Waals surface area contributed by atoms with Crippen molar-refractivity contribution in [2.45, 2.75) is 32.5 Å². The molecule has 0 amide bonds. The van der Waals surface area contributed by atoms with E-state index in [0.717, 1.165) is 0 Å². The average molecular weight is 223 g/mol. The zero-order valence-electron chi connectivity index (χ0n) is 9.18. The normalized spacial score (nSPS) is 11.9. The summed E-state index contributed by atoms with van der Waals surface area (Å²) in [6, 6.07) is 0. The van der Waals surface area contributed by atoms with Crippen molar-refractivity contribution in [3.05, 3.63) is 0 Å². The highest BCUT2D eigenvalue weighted by Crippen LogP contribution is 2.00. The van der Waals surface area contributed by atoms with E-state index in [-0.39, 0.29) is 0 Å². The van der Waals surface area contributed by atoms with Crippen LogP contribution in [0.15, 0.2) is 0 Å². The third kappa shape index (κ3) is 9.13. The average Bonchev–Trinajstić information content (AvgIpc) is 2.14. The van der Waals surface area contributed by atoms with Gasteiger partial charge in [0.2, 0.25) is 0 Å². The molecular weight excluding hydrogens is 206 g/mol. The van der Waals surface area contributed by atoms with E-state index < -0.39 is 23.6 Å². The molecule has 0 saturated carbocycles. The molecule has 0 bridgehead atoms. The molecule has 0 aromatic rings. The summed E-state index contributed by atoms with van der Waals surface area (Å²) in [6.45, 7) is 3.94. The Morgan fingerprint density at radius 2 is 1.80 bits per heavy atom. The van der Waals surface area contributed by atoms with Gasteiger partial charge in [-0.05, 0) is 20.8 Å². The first-order valence-electron chi connectivity index (χ1n) is 4.06. The summed E-state index contributed by atoms with van der Waals surface area (Å²) in [6.07, 6.45) is -0.995. The van der Waals surface area contributed by atoms with Crippen LogP contribution in [0.5, 0.6) is 0 Å². The van der Waals surface area contributed by atoms with E-state index in [4.69, 9.17) is 10.2 Å². The number of nitrogens with two attached hydrogens (primary N) is 1. The molecule has 0 fully saturated rings. The number of methoxy groups -OCH3 is 1. The number of carbonyl (C=O) groups is 2. The number of hydrogen-bond acceptors (Lipinski definition) is 7. The third-order valence-electron chi connectivity index (χ3n) is 1.15. The standard InChI is InChI=1S/C4H9NO3.C4H8O3/c1-4(2,7)3(6)8-5;1-3(5)4(6)7-2/h7H,5H2,1-2H3;3,5H,1-2H3. The van der Waals surface area contributed by atoms with Crippen molar-refractivity contribution >= 4 is 11.9 Å². The zero-order chi connectivity index (χ0) is 12.6. The van der Waals surface area contributed by atoms with Gasteiger partial charge in [-0.25, -0.2) is 9.59 Å². The van der Waals surface area contributed by atoms with Gasteiger partial charge < -0.3 is 19.8 Å². The molecule has 15 heavy (non-hydrogen) atoms. The molecule has 0 aliphatic rings. The SMILES string of the molecule is CC(C)(O)C(=O)ON.COC(=O)C(C)O. The zero-order valence-corrected chi connectivity index (χ0v) is 9.18. The first-order chi connectivity index (χ1) is 6.66. The highest BCUT2D eigenvalue weighted by Gasteiger charge is 2.24. The van der Waals surface area contributed by atoms with Crippen LogP contribution in [0.25, 0.3) is 0 Å². The lowest BCUT2D eigenvalue weighted by atomic mass is 10.1. The molecular formula is C8H17NO6. The second-order valence-corrected chi connectivity index (χ2v) is 3.16. The van der Waals surface area contributed by atoms with Crippen LogP contribution in [-0.2, 0) is 19.2 Å². The summed E-state index contributed by atoms with van der Waals surface area (Å²) in [5, 5.41) is 17.1. The predicted molar refractivity (Wildman–Crippen MR) is 50.3 cm³/mol. The molecule has 4 N–H and O–H groups in total. The number of ether oxygens (including phenoxy) is 1. The van der Waals surface area contributed by atoms with Gasteiger partial charge in [-0.2, -0.15) is 5.90 Å². The van der Waals surface area contributed by atoms with Crippen molar-refractivity contribution in [1.29, 1.82) is 0 Å². The smallest absolute Gasteiger partial charge is 0.355 e. The van der Waals surface area contributed by atoms with E-state index in [2.05, 4.69) is 15.5 Å². The van der Waals surface area contributed by atoms with Gasteiger partial charge in [0.15, 0.2) is 5.60 Å². The van der Waals surface area contributed by atoms with E-state index in [1.54, 1.807) is 0 Å². The fourth-order valence-electron chi connectivity index (χ4n) is 0.315. The van der Waals surface area contributed by atoms with E-state index in [9.17, 15) is 9.59 Å². The van der Waals surface area contributed by atoms with Gasteiger partial charge in [0, 0.05) is 0 Å². The fourth-order valence-corrected chi connectivity index (χ4v) is 0.315. The summed E-state index contributed by atoms with van der Waals surface area (Å²) in [5.74, 6) is 3.02. The largest absolute Gasteiger partial charge is 0.467 e. The Morgan fingerprint density at radius 3 is 1.80 bits per heavy atom. The fraction of sp³-hybridized carbons (Fsp3) is 0.750. The molecule has 0 aromatic heterocycles. The van der Waals surface area contributed by atoms with Crippen molar-refractivity contribution in [2.24, 2.45) is 5.90 Å².